The molecule has 0 bridgehead atoms. The molecule has 1 saturated heterocycles. The Morgan fingerprint density at radius 1 is 1.75 bits per heavy atom. The van der Waals surface area contributed by atoms with Crippen molar-refractivity contribution in [2.24, 2.45) is 5.92 Å². The van der Waals surface area contributed by atoms with Gasteiger partial charge in [0.2, 0.25) is 0 Å². The van der Waals surface area contributed by atoms with E-state index in [0.29, 0.717) is 13.2 Å². The Labute approximate surface area is 71.5 Å². The summed E-state index contributed by atoms with van der Waals surface area (Å²) in [5, 5.41) is 9.43. The van der Waals surface area contributed by atoms with E-state index in [-0.39, 0.29) is 5.92 Å². The van der Waals surface area contributed by atoms with Crippen LogP contribution < -0.4 is 0 Å². The Morgan fingerprint density at radius 3 is 2.83 bits per heavy atom. The molecule has 12 heavy (non-hydrogen) atoms. The normalized spacial score (nSPS) is 35.1. The minimum atomic E-state index is -0.778. The molecule has 0 aromatic heterocycles. The zero-order valence-electron chi connectivity index (χ0n) is 7.32. The van der Waals surface area contributed by atoms with Crippen molar-refractivity contribution < 1.29 is 19.4 Å². The molecule has 0 saturated carbocycles. The van der Waals surface area contributed by atoms with Gasteiger partial charge in [-0.1, -0.05) is 6.92 Å². The fraction of sp³-hybridized carbons (Fsp3) is 0.875. The standard InChI is InChI=1S/C8H14O4/c1-3-11-8(10)7-6(9)5(2)4-12-7/h5-7,9H,3-4H2,1-2H3/t5-,6-,7-/m1/s1. The number of rotatable bonds is 2. The molecule has 4 nitrogen and oxygen atoms in total. The molecule has 0 aromatic rings. The first kappa shape index (κ1) is 9.48. The van der Waals surface area contributed by atoms with Crippen LogP contribution in [0.4, 0.5) is 0 Å². The van der Waals surface area contributed by atoms with Gasteiger partial charge in [0.15, 0.2) is 6.10 Å². The summed E-state index contributed by atoms with van der Waals surface area (Å²) in [5.74, 6) is -0.450. The van der Waals surface area contributed by atoms with Crippen LogP contribution in [0.5, 0.6) is 0 Å². The van der Waals surface area contributed by atoms with Gasteiger partial charge in [-0.15, -0.1) is 0 Å². The number of hydrogen-bond donors (Lipinski definition) is 1. The molecule has 0 radical (unpaired) electrons. The molecule has 1 aliphatic rings. The third kappa shape index (κ3) is 1.76. The Kier molecular flexibility index (Phi) is 3.05. The first-order valence-electron chi connectivity index (χ1n) is 4.13. The molecule has 1 aliphatic heterocycles. The predicted molar refractivity (Wildman–Crippen MR) is 41.5 cm³/mol. The molecule has 4 heteroatoms. The van der Waals surface area contributed by atoms with Crippen molar-refractivity contribution in [1.82, 2.24) is 0 Å². The molecule has 1 rings (SSSR count). The highest BCUT2D eigenvalue weighted by Gasteiger charge is 2.38. The summed E-state index contributed by atoms with van der Waals surface area (Å²) in [5.41, 5.74) is 0. The lowest BCUT2D eigenvalue weighted by Gasteiger charge is -2.13. The van der Waals surface area contributed by atoms with E-state index < -0.39 is 18.2 Å². The highest BCUT2D eigenvalue weighted by molar-refractivity contribution is 5.75. The summed E-state index contributed by atoms with van der Waals surface area (Å²) in [4.78, 5) is 11.1. The van der Waals surface area contributed by atoms with Gasteiger partial charge in [-0.2, -0.15) is 0 Å². The molecule has 0 unspecified atom stereocenters. The van der Waals surface area contributed by atoms with Crippen molar-refractivity contribution in [2.75, 3.05) is 13.2 Å². The number of aliphatic hydroxyl groups is 1. The van der Waals surface area contributed by atoms with Gasteiger partial charge in [-0.25, -0.2) is 4.79 Å². The van der Waals surface area contributed by atoms with Crippen LogP contribution in [-0.2, 0) is 14.3 Å². The average Bonchev–Trinajstić information content (AvgIpc) is 2.34. The molecule has 1 fully saturated rings. The summed E-state index contributed by atoms with van der Waals surface area (Å²) < 4.78 is 9.79. The third-order valence-electron chi connectivity index (χ3n) is 1.95. The van der Waals surface area contributed by atoms with Crippen molar-refractivity contribution >= 4 is 5.97 Å². The van der Waals surface area contributed by atoms with E-state index in [1.165, 1.54) is 0 Å². The van der Waals surface area contributed by atoms with Crippen molar-refractivity contribution in [1.29, 1.82) is 0 Å². The van der Waals surface area contributed by atoms with E-state index in [9.17, 15) is 9.90 Å². The van der Waals surface area contributed by atoms with Crippen molar-refractivity contribution in [3.63, 3.8) is 0 Å². The van der Waals surface area contributed by atoms with E-state index in [2.05, 4.69) is 0 Å². The third-order valence-corrected chi connectivity index (χ3v) is 1.95. The van der Waals surface area contributed by atoms with Gasteiger partial charge in [0.05, 0.1) is 19.3 Å². The largest absolute Gasteiger partial charge is 0.464 e. The Bertz CT molecular complexity index is 168. The summed E-state index contributed by atoms with van der Waals surface area (Å²) in [6.45, 7) is 4.30. The average molecular weight is 174 g/mol. The molecule has 0 aliphatic carbocycles. The minimum Gasteiger partial charge on any atom is -0.464 e. The van der Waals surface area contributed by atoms with Gasteiger partial charge in [-0.05, 0) is 6.92 Å². The maximum Gasteiger partial charge on any atom is 0.337 e. The van der Waals surface area contributed by atoms with E-state index in [0.717, 1.165) is 0 Å². The highest BCUT2D eigenvalue weighted by Crippen LogP contribution is 2.20. The maximum atomic E-state index is 11.1. The molecule has 3 atom stereocenters. The van der Waals surface area contributed by atoms with Crippen molar-refractivity contribution in [3.05, 3.63) is 0 Å². The summed E-state index contributed by atoms with van der Waals surface area (Å²) in [7, 11) is 0. The molecule has 0 amide bonds. The maximum absolute atomic E-state index is 11.1. The first-order valence-corrected chi connectivity index (χ1v) is 4.13. The first-order chi connectivity index (χ1) is 5.66. The number of esters is 1. The van der Waals surface area contributed by atoms with Crippen molar-refractivity contribution in [2.45, 2.75) is 26.1 Å². The second kappa shape index (κ2) is 3.87. The lowest BCUT2D eigenvalue weighted by molar-refractivity contribution is -0.157. The fourth-order valence-corrected chi connectivity index (χ4v) is 1.18. The zero-order valence-corrected chi connectivity index (χ0v) is 7.32. The van der Waals surface area contributed by atoms with Crippen LogP contribution in [0, 0.1) is 5.92 Å². The van der Waals surface area contributed by atoms with Gasteiger partial charge in [0.1, 0.15) is 0 Å². The molecule has 0 aromatic carbocycles. The van der Waals surface area contributed by atoms with Crippen LogP contribution in [-0.4, -0.2) is 36.5 Å². The Hall–Kier alpha value is -0.610. The summed E-state index contributed by atoms with van der Waals surface area (Å²) >= 11 is 0. The quantitative estimate of drug-likeness (QED) is 0.596. The van der Waals surface area contributed by atoms with Gasteiger partial charge in [0.25, 0.3) is 0 Å². The van der Waals surface area contributed by atoms with Gasteiger partial charge in [0, 0.05) is 5.92 Å². The number of ether oxygens (including phenoxy) is 2. The van der Waals surface area contributed by atoms with Crippen molar-refractivity contribution in [3.8, 4) is 0 Å². The lowest BCUT2D eigenvalue weighted by Crippen LogP contribution is -2.34. The molecule has 0 spiro atoms. The molecule has 1 heterocycles. The van der Waals surface area contributed by atoms with Crippen LogP contribution in [0.3, 0.4) is 0 Å². The Balaban J connectivity index is 2.47. The van der Waals surface area contributed by atoms with E-state index in [1.54, 1.807) is 6.92 Å². The highest BCUT2D eigenvalue weighted by atomic mass is 16.6. The SMILES string of the molecule is CCOC(=O)[C@@H]1OC[C@@H](C)[C@H]1O. The number of carbonyl (C=O) groups excluding carboxylic acids is 1. The van der Waals surface area contributed by atoms with Crippen LogP contribution in [0.15, 0.2) is 0 Å². The smallest absolute Gasteiger partial charge is 0.337 e. The molecule has 1 N–H and O–H groups in total. The lowest BCUT2D eigenvalue weighted by atomic mass is 10.0. The fourth-order valence-electron chi connectivity index (χ4n) is 1.18. The van der Waals surface area contributed by atoms with E-state index >= 15 is 0 Å². The molecular weight excluding hydrogens is 160 g/mol. The van der Waals surface area contributed by atoms with Gasteiger partial charge < -0.3 is 14.6 Å². The van der Waals surface area contributed by atoms with E-state index in [4.69, 9.17) is 9.47 Å². The summed E-state index contributed by atoms with van der Waals surface area (Å²) in [6.07, 6.45) is -1.50. The second-order valence-electron chi connectivity index (χ2n) is 2.97. The van der Waals surface area contributed by atoms with Gasteiger partial charge in [-0.3, -0.25) is 0 Å². The second-order valence-corrected chi connectivity index (χ2v) is 2.97. The minimum absolute atomic E-state index is 0.0133. The van der Waals surface area contributed by atoms with E-state index in [1.807, 2.05) is 6.92 Å². The monoisotopic (exact) mass is 174 g/mol. The molecular formula is C8H14O4. The summed E-state index contributed by atoms with van der Waals surface area (Å²) in [6, 6.07) is 0. The number of carbonyl (C=O) groups is 1. The predicted octanol–water partition coefficient (Wildman–Crippen LogP) is -0.0547. The van der Waals surface area contributed by atoms with Crippen LogP contribution in [0.25, 0.3) is 0 Å². The Morgan fingerprint density at radius 2 is 2.42 bits per heavy atom. The molecule has 70 valence electrons. The van der Waals surface area contributed by atoms with Crippen LogP contribution >= 0.6 is 0 Å². The van der Waals surface area contributed by atoms with Gasteiger partial charge >= 0.3 is 5.97 Å². The zero-order chi connectivity index (χ0) is 9.14. The van der Waals surface area contributed by atoms with Crippen LogP contribution in [0.2, 0.25) is 0 Å². The topological polar surface area (TPSA) is 55.8 Å². The van der Waals surface area contributed by atoms with Crippen LogP contribution in [0.1, 0.15) is 13.8 Å². The number of aliphatic hydroxyl groups excluding tert-OH is 1. The number of hydrogen-bond acceptors (Lipinski definition) is 4.